The Hall–Kier alpha value is -0.550. The lowest BCUT2D eigenvalue weighted by molar-refractivity contribution is 0.181. The van der Waals surface area contributed by atoms with Crippen molar-refractivity contribution in [2.24, 2.45) is 5.73 Å². The topological polar surface area (TPSA) is 64.9 Å². The molecule has 0 atom stereocenters. The number of nitrogens with two attached hydrogens (primary N) is 1. The van der Waals surface area contributed by atoms with E-state index in [2.05, 4.69) is 10.1 Å². The first kappa shape index (κ1) is 12.5. The fourth-order valence-corrected chi connectivity index (χ4v) is 3.88. The molecular weight excluding hydrogens is 246 g/mol. The Morgan fingerprint density at radius 2 is 2.00 bits per heavy atom. The lowest BCUT2D eigenvalue weighted by Gasteiger charge is -2.33. The highest BCUT2D eigenvalue weighted by molar-refractivity contribution is 7.99. The van der Waals surface area contributed by atoms with Crippen molar-refractivity contribution in [3.8, 4) is 0 Å². The van der Waals surface area contributed by atoms with Gasteiger partial charge in [-0.15, -0.1) is 0 Å². The Morgan fingerprint density at radius 3 is 2.67 bits per heavy atom. The smallest absolute Gasteiger partial charge is 0.246 e. The third-order valence-electron chi connectivity index (χ3n) is 4.14. The molecule has 2 aliphatic carbocycles. The van der Waals surface area contributed by atoms with E-state index in [9.17, 15) is 0 Å². The van der Waals surface area contributed by atoms with Crippen molar-refractivity contribution < 1.29 is 4.52 Å². The van der Waals surface area contributed by atoms with Gasteiger partial charge in [0.2, 0.25) is 5.89 Å². The van der Waals surface area contributed by atoms with Gasteiger partial charge >= 0.3 is 0 Å². The van der Waals surface area contributed by atoms with Crippen LogP contribution >= 0.6 is 11.8 Å². The Bertz CT molecular complexity index is 397. The van der Waals surface area contributed by atoms with E-state index in [1.165, 1.54) is 38.5 Å². The highest BCUT2D eigenvalue weighted by Crippen LogP contribution is 2.38. The van der Waals surface area contributed by atoms with Gasteiger partial charge in [0, 0.05) is 5.25 Å². The molecule has 3 rings (SSSR count). The number of aromatic nitrogens is 2. The SMILES string of the molecule is NC1(c2nc(CSC3CCCCC3)no2)CCC1. The van der Waals surface area contributed by atoms with Crippen molar-refractivity contribution in [1.82, 2.24) is 10.1 Å². The molecule has 1 aromatic rings. The quantitative estimate of drug-likeness (QED) is 0.908. The third-order valence-corrected chi connectivity index (χ3v) is 5.51. The van der Waals surface area contributed by atoms with Gasteiger partial charge in [0.15, 0.2) is 5.82 Å². The molecule has 0 aromatic carbocycles. The maximum absolute atomic E-state index is 6.17. The van der Waals surface area contributed by atoms with Gasteiger partial charge in [-0.25, -0.2) is 0 Å². The van der Waals surface area contributed by atoms with Gasteiger partial charge in [-0.05, 0) is 32.1 Å². The summed E-state index contributed by atoms with van der Waals surface area (Å²) in [4.78, 5) is 4.46. The standard InChI is InChI=1S/C13H21N3OS/c14-13(7-4-8-13)12-15-11(16-17-12)9-18-10-5-2-1-3-6-10/h10H,1-9,14H2. The number of rotatable bonds is 4. The number of thioether (sulfide) groups is 1. The van der Waals surface area contributed by atoms with E-state index in [1.54, 1.807) is 0 Å². The summed E-state index contributed by atoms with van der Waals surface area (Å²) in [5.74, 6) is 2.33. The van der Waals surface area contributed by atoms with Gasteiger partial charge in [0.1, 0.15) is 0 Å². The van der Waals surface area contributed by atoms with Crippen LogP contribution in [0.5, 0.6) is 0 Å². The molecule has 2 N–H and O–H groups in total. The van der Waals surface area contributed by atoms with Gasteiger partial charge in [-0.1, -0.05) is 24.4 Å². The summed E-state index contributed by atoms with van der Waals surface area (Å²) in [6.07, 6.45) is 9.97. The summed E-state index contributed by atoms with van der Waals surface area (Å²) in [6, 6.07) is 0. The van der Waals surface area contributed by atoms with Gasteiger partial charge in [-0.3, -0.25) is 0 Å². The van der Waals surface area contributed by atoms with E-state index >= 15 is 0 Å². The first-order valence-corrected chi connectivity index (χ1v) is 8.05. The molecule has 2 saturated carbocycles. The Kier molecular flexibility index (Phi) is 3.61. The molecule has 5 heteroatoms. The van der Waals surface area contributed by atoms with Crippen molar-refractivity contribution in [2.45, 2.75) is 67.9 Å². The van der Waals surface area contributed by atoms with Crippen LogP contribution in [0.2, 0.25) is 0 Å². The minimum Gasteiger partial charge on any atom is -0.337 e. The summed E-state index contributed by atoms with van der Waals surface area (Å²) in [6.45, 7) is 0. The summed E-state index contributed by atoms with van der Waals surface area (Å²) in [5.41, 5.74) is 5.85. The molecule has 0 bridgehead atoms. The molecule has 0 aliphatic heterocycles. The van der Waals surface area contributed by atoms with E-state index in [1.807, 2.05) is 11.8 Å². The van der Waals surface area contributed by atoms with Crippen molar-refractivity contribution in [3.63, 3.8) is 0 Å². The Balaban J connectivity index is 1.53. The maximum Gasteiger partial charge on any atom is 0.246 e. The van der Waals surface area contributed by atoms with Gasteiger partial charge in [0.05, 0.1) is 11.3 Å². The van der Waals surface area contributed by atoms with Crippen LogP contribution in [0, 0.1) is 0 Å². The lowest BCUT2D eigenvalue weighted by atomic mass is 9.78. The zero-order valence-corrected chi connectivity index (χ0v) is 11.5. The summed E-state index contributed by atoms with van der Waals surface area (Å²) >= 11 is 1.97. The number of nitrogens with zero attached hydrogens (tertiary/aromatic N) is 2. The van der Waals surface area contributed by atoms with Crippen LogP contribution in [0.15, 0.2) is 4.52 Å². The van der Waals surface area contributed by atoms with E-state index < -0.39 is 0 Å². The lowest BCUT2D eigenvalue weighted by Crippen LogP contribution is -2.43. The van der Waals surface area contributed by atoms with E-state index in [4.69, 9.17) is 10.3 Å². The second-order valence-electron chi connectivity index (χ2n) is 5.60. The van der Waals surface area contributed by atoms with Crippen LogP contribution in [-0.4, -0.2) is 15.4 Å². The highest BCUT2D eigenvalue weighted by Gasteiger charge is 2.39. The van der Waals surface area contributed by atoms with Gasteiger partial charge < -0.3 is 10.3 Å². The van der Waals surface area contributed by atoms with E-state index in [-0.39, 0.29) is 5.54 Å². The molecular formula is C13H21N3OS. The predicted molar refractivity (Wildman–Crippen MR) is 72.2 cm³/mol. The van der Waals surface area contributed by atoms with E-state index in [0.717, 1.165) is 29.7 Å². The molecule has 100 valence electrons. The number of hydrogen-bond acceptors (Lipinski definition) is 5. The molecule has 18 heavy (non-hydrogen) atoms. The minimum absolute atomic E-state index is 0.319. The average Bonchev–Trinajstić information content (AvgIpc) is 2.84. The highest BCUT2D eigenvalue weighted by atomic mass is 32.2. The van der Waals surface area contributed by atoms with Gasteiger partial charge in [0.25, 0.3) is 0 Å². The minimum atomic E-state index is -0.319. The molecule has 0 unspecified atom stereocenters. The molecule has 0 spiro atoms. The summed E-state index contributed by atoms with van der Waals surface area (Å²) < 4.78 is 5.31. The van der Waals surface area contributed by atoms with Crippen LogP contribution in [-0.2, 0) is 11.3 Å². The molecule has 0 saturated heterocycles. The van der Waals surface area contributed by atoms with Gasteiger partial charge in [-0.2, -0.15) is 16.7 Å². The molecule has 2 fully saturated rings. The largest absolute Gasteiger partial charge is 0.337 e. The molecule has 1 aromatic heterocycles. The Labute approximate surface area is 112 Å². The van der Waals surface area contributed by atoms with Crippen LogP contribution in [0.4, 0.5) is 0 Å². The van der Waals surface area contributed by atoms with Crippen LogP contribution in [0.1, 0.15) is 63.1 Å². The molecule has 2 aliphatic rings. The Morgan fingerprint density at radius 1 is 1.22 bits per heavy atom. The average molecular weight is 267 g/mol. The maximum atomic E-state index is 6.17. The summed E-state index contributed by atoms with van der Waals surface area (Å²) in [7, 11) is 0. The predicted octanol–water partition coefficient (Wildman–Crippen LogP) is 2.97. The molecule has 0 amide bonds. The first-order chi connectivity index (χ1) is 8.76. The van der Waals surface area contributed by atoms with E-state index in [0.29, 0.717) is 5.89 Å². The van der Waals surface area contributed by atoms with Crippen molar-refractivity contribution >= 4 is 11.8 Å². The molecule has 4 nitrogen and oxygen atoms in total. The van der Waals surface area contributed by atoms with Crippen LogP contribution < -0.4 is 5.73 Å². The zero-order chi connectivity index (χ0) is 12.4. The number of hydrogen-bond donors (Lipinski definition) is 1. The zero-order valence-electron chi connectivity index (χ0n) is 10.7. The normalized spacial score (nSPS) is 23.8. The summed E-state index contributed by atoms with van der Waals surface area (Å²) in [5, 5.41) is 4.85. The third kappa shape index (κ3) is 2.57. The second kappa shape index (κ2) is 5.21. The monoisotopic (exact) mass is 267 g/mol. The fraction of sp³-hybridized carbons (Fsp3) is 0.846. The molecule has 0 radical (unpaired) electrons. The fourth-order valence-electron chi connectivity index (χ4n) is 2.71. The van der Waals surface area contributed by atoms with Crippen molar-refractivity contribution in [1.29, 1.82) is 0 Å². The van der Waals surface area contributed by atoms with Crippen LogP contribution in [0.3, 0.4) is 0 Å². The molecule has 1 heterocycles. The first-order valence-electron chi connectivity index (χ1n) is 7.00. The van der Waals surface area contributed by atoms with Crippen molar-refractivity contribution in [2.75, 3.05) is 0 Å². The second-order valence-corrected chi connectivity index (χ2v) is 6.89. The van der Waals surface area contributed by atoms with Crippen LogP contribution in [0.25, 0.3) is 0 Å². The van der Waals surface area contributed by atoms with Crippen molar-refractivity contribution in [3.05, 3.63) is 11.7 Å².